The Labute approximate surface area is 70.5 Å². The zero-order valence-corrected chi connectivity index (χ0v) is 6.90. The van der Waals surface area contributed by atoms with E-state index in [1.165, 1.54) is 0 Å². The van der Waals surface area contributed by atoms with Gasteiger partial charge in [0.15, 0.2) is 0 Å². The van der Waals surface area contributed by atoms with Gasteiger partial charge in [0.1, 0.15) is 12.2 Å². The molecule has 2 aliphatic heterocycles. The number of epoxide rings is 2. The Kier molecular flexibility index (Phi) is 1.81. The molecule has 0 aliphatic carbocycles. The lowest BCUT2D eigenvalue weighted by atomic mass is 10.1. The zero-order chi connectivity index (χ0) is 8.72. The van der Waals surface area contributed by atoms with Crippen LogP contribution in [0.3, 0.4) is 0 Å². The standard InChI is InChI=1S/C8H12O4/c1-2-4-7(11-4)8-5(12-8)3-6(9)10/h4-5,7-8H,2-3H2,1H3,(H,9,10). The van der Waals surface area contributed by atoms with Crippen LogP contribution in [0.2, 0.25) is 0 Å². The van der Waals surface area contributed by atoms with Crippen LogP contribution in [0, 0.1) is 0 Å². The minimum Gasteiger partial charge on any atom is -0.481 e. The third-order valence-corrected chi connectivity index (χ3v) is 2.35. The van der Waals surface area contributed by atoms with Crippen LogP contribution >= 0.6 is 0 Å². The third kappa shape index (κ3) is 1.44. The van der Waals surface area contributed by atoms with Crippen LogP contribution in [0.1, 0.15) is 19.8 Å². The number of carbonyl (C=O) groups is 1. The fraction of sp³-hybridized carbons (Fsp3) is 0.875. The Morgan fingerprint density at radius 1 is 1.33 bits per heavy atom. The first-order valence-corrected chi connectivity index (χ1v) is 4.25. The topological polar surface area (TPSA) is 62.4 Å². The molecule has 2 saturated heterocycles. The molecule has 68 valence electrons. The SMILES string of the molecule is CCC1OC1C1OC1CC(=O)O. The lowest BCUT2D eigenvalue weighted by Gasteiger charge is -1.85. The maximum absolute atomic E-state index is 10.3. The number of carboxylic acids is 1. The summed E-state index contributed by atoms with van der Waals surface area (Å²) < 4.78 is 10.5. The number of rotatable bonds is 4. The van der Waals surface area contributed by atoms with Crippen LogP contribution in [-0.4, -0.2) is 35.5 Å². The fourth-order valence-electron chi connectivity index (χ4n) is 1.56. The van der Waals surface area contributed by atoms with Crippen molar-refractivity contribution in [3.05, 3.63) is 0 Å². The summed E-state index contributed by atoms with van der Waals surface area (Å²) in [5.41, 5.74) is 0. The van der Waals surface area contributed by atoms with Crippen molar-refractivity contribution in [3.8, 4) is 0 Å². The van der Waals surface area contributed by atoms with E-state index in [2.05, 4.69) is 6.92 Å². The van der Waals surface area contributed by atoms with Crippen LogP contribution in [0.25, 0.3) is 0 Å². The predicted octanol–water partition coefficient (Wildman–Crippen LogP) is 0.406. The Balaban J connectivity index is 1.71. The predicted molar refractivity (Wildman–Crippen MR) is 39.9 cm³/mol. The van der Waals surface area contributed by atoms with Gasteiger partial charge >= 0.3 is 5.97 Å². The van der Waals surface area contributed by atoms with Gasteiger partial charge in [-0.25, -0.2) is 0 Å². The summed E-state index contributed by atoms with van der Waals surface area (Å²) in [4.78, 5) is 10.3. The van der Waals surface area contributed by atoms with Gasteiger partial charge in [0.2, 0.25) is 0 Å². The van der Waals surface area contributed by atoms with Gasteiger partial charge in [-0.3, -0.25) is 4.79 Å². The molecular weight excluding hydrogens is 160 g/mol. The molecular formula is C8H12O4. The van der Waals surface area contributed by atoms with E-state index in [1.807, 2.05) is 0 Å². The molecule has 2 heterocycles. The van der Waals surface area contributed by atoms with Gasteiger partial charge in [-0.05, 0) is 6.42 Å². The van der Waals surface area contributed by atoms with Crippen molar-refractivity contribution in [2.45, 2.75) is 44.2 Å². The average Bonchev–Trinajstić information content (AvgIpc) is 2.76. The molecule has 2 aliphatic rings. The minimum absolute atomic E-state index is 0.0612. The Hall–Kier alpha value is -0.610. The van der Waals surface area contributed by atoms with E-state index in [4.69, 9.17) is 14.6 Å². The lowest BCUT2D eigenvalue weighted by Crippen LogP contribution is -2.08. The van der Waals surface area contributed by atoms with Crippen LogP contribution in [0.5, 0.6) is 0 Å². The average molecular weight is 172 g/mol. The molecule has 2 rings (SSSR count). The minimum atomic E-state index is -0.795. The largest absolute Gasteiger partial charge is 0.481 e. The molecule has 12 heavy (non-hydrogen) atoms. The third-order valence-electron chi connectivity index (χ3n) is 2.35. The molecule has 4 nitrogen and oxygen atoms in total. The number of hydrogen-bond donors (Lipinski definition) is 1. The number of ether oxygens (including phenoxy) is 2. The second-order valence-corrected chi connectivity index (χ2v) is 3.28. The summed E-state index contributed by atoms with van der Waals surface area (Å²) in [6.45, 7) is 2.05. The van der Waals surface area contributed by atoms with E-state index < -0.39 is 5.97 Å². The summed E-state index contributed by atoms with van der Waals surface area (Å²) in [7, 11) is 0. The maximum Gasteiger partial charge on any atom is 0.306 e. The van der Waals surface area contributed by atoms with Crippen molar-refractivity contribution < 1.29 is 19.4 Å². The van der Waals surface area contributed by atoms with Crippen molar-refractivity contribution in [3.63, 3.8) is 0 Å². The van der Waals surface area contributed by atoms with Gasteiger partial charge in [-0.15, -0.1) is 0 Å². The Bertz CT molecular complexity index is 203. The van der Waals surface area contributed by atoms with Crippen molar-refractivity contribution in [2.24, 2.45) is 0 Å². The molecule has 4 heteroatoms. The first-order valence-electron chi connectivity index (χ1n) is 4.25. The van der Waals surface area contributed by atoms with Crippen molar-refractivity contribution >= 4 is 5.97 Å². The van der Waals surface area contributed by atoms with Crippen molar-refractivity contribution in [1.29, 1.82) is 0 Å². The van der Waals surface area contributed by atoms with E-state index in [0.29, 0.717) is 6.10 Å². The van der Waals surface area contributed by atoms with Crippen molar-refractivity contribution in [1.82, 2.24) is 0 Å². The second-order valence-electron chi connectivity index (χ2n) is 3.28. The van der Waals surface area contributed by atoms with E-state index in [-0.39, 0.29) is 24.7 Å². The number of aliphatic carboxylic acids is 1. The molecule has 2 fully saturated rings. The maximum atomic E-state index is 10.3. The summed E-state index contributed by atoms with van der Waals surface area (Å²) in [5, 5.41) is 8.45. The van der Waals surface area contributed by atoms with Gasteiger partial charge in [-0.2, -0.15) is 0 Å². The number of carboxylic acid groups (broad SMARTS) is 1. The Morgan fingerprint density at radius 2 is 1.92 bits per heavy atom. The molecule has 4 unspecified atom stereocenters. The Morgan fingerprint density at radius 3 is 2.42 bits per heavy atom. The summed E-state index contributed by atoms with van der Waals surface area (Å²) in [6, 6.07) is 0. The fourth-order valence-corrected chi connectivity index (χ4v) is 1.56. The van der Waals surface area contributed by atoms with Crippen molar-refractivity contribution in [2.75, 3.05) is 0 Å². The second kappa shape index (κ2) is 2.71. The summed E-state index contributed by atoms with van der Waals surface area (Å²) in [5.74, 6) is -0.795. The van der Waals surface area contributed by atoms with E-state index in [9.17, 15) is 4.79 Å². The quantitative estimate of drug-likeness (QED) is 0.624. The van der Waals surface area contributed by atoms with Gasteiger partial charge < -0.3 is 14.6 Å². The smallest absolute Gasteiger partial charge is 0.306 e. The van der Waals surface area contributed by atoms with Crippen LogP contribution in [0.4, 0.5) is 0 Å². The molecule has 0 aromatic carbocycles. The zero-order valence-electron chi connectivity index (χ0n) is 6.90. The van der Waals surface area contributed by atoms with Crippen LogP contribution < -0.4 is 0 Å². The molecule has 0 spiro atoms. The highest BCUT2D eigenvalue weighted by atomic mass is 16.7. The molecule has 0 saturated carbocycles. The van der Waals surface area contributed by atoms with E-state index in [0.717, 1.165) is 6.42 Å². The molecule has 0 aromatic rings. The van der Waals surface area contributed by atoms with E-state index in [1.54, 1.807) is 0 Å². The molecule has 0 aromatic heterocycles. The number of hydrogen-bond acceptors (Lipinski definition) is 3. The summed E-state index contributed by atoms with van der Waals surface area (Å²) in [6.07, 6.45) is 1.56. The molecule has 0 amide bonds. The van der Waals surface area contributed by atoms with Gasteiger partial charge in [-0.1, -0.05) is 6.92 Å². The van der Waals surface area contributed by atoms with Crippen LogP contribution in [0.15, 0.2) is 0 Å². The summed E-state index contributed by atoms with van der Waals surface area (Å²) >= 11 is 0. The van der Waals surface area contributed by atoms with Gasteiger partial charge in [0.25, 0.3) is 0 Å². The highest BCUT2D eigenvalue weighted by molar-refractivity contribution is 5.67. The normalized spacial score (nSPS) is 44.1. The molecule has 0 radical (unpaired) electrons. The van der Waals surface area contributed by atoms with Gasteiger partial charge in [0.05, 0.1) is 18.6 Å². The van der Waals surface area contributed by atoms with Gasteiger partial charge in [0, 0.05) is 0 Å². The highest BCUT2D eigenvalue weighted by Crippen LogP contribution is 2.41. The highest BCUT2D eigenvalue weighted by Gasteiger charge is 2.56. The van der Waals surface area contributed by atoms with E-state index >= 15 is 0 Å². The monoisotopic (exact) mass is 172 g/mol. The molecule has 1 N–H and O–H groups in total. The lowest BCUT2D eigenvalue weighted by molar-refractivity contribution is -0.137. The van der Waals surface area contributed by atoms with Crippen LogP contribution in [-0.2, 0) is 14.3 Å². The molecule has 0 bridgehead atoms. The first kappa shape index (κ1) is 8.01. The first-order chi connectivity index (χ1) is 5.72. The molecule has 4 atom stereocenters.